The lowest BCUT2D eigenvalue weighted by Crippen LogP contribution is -2.31. The van der Waals surface area contributed by atoms with Gasteiger partial charge in [0.15, 0.2) is 0 Å². The van der Waals surface area contributed by atoms with Gasteiger partial charge in [-0.2, -0.15) is 0 Å². The van der Waals surface area contributed by atoms with Crippen LogP contribution in [0.1, 0.15) is 35.6 Å². The zero-order valence-corrected chi connectivity index (χ0v) is 17.2. The molecule has 6 heteroatoms. The summed E-state index contributed by atoms with van der Waals surface area (Å²) in [4.78, 5) is 23.4. The second-order valence-electron chi connectivity index (χ2n) is 7.03. The van der Waals surface area contributed by atoms with Gasteiger partial charge in [-0.15, -0.1) is 0 Å². The van der Waals surface area contributed by atoms with Gasteiger partial charge in [-0.25, -0.2) is 14.8 Å². The number of benzene rings is 2. The Hall–Kier alpha value is -3.41. The van der Waals surface area contributed by atoms with Gasteiger partial charge in [0.05, 0.1) is 18.4 Å². The van der Waals surface area contributed by atoms with Crippen molar-refractivity contribution in [3.05, 3.63) is 77.6 Å². The monoisotopic (exact) mass is 390 g/mol. The first-order chi connectivity index (χ1) is 14.0. The first-order valence-corrected chi connectivity index (χ1v) is 9.58. The Morgan fingerprint density at radius 1 is 1.07 bits per heavy atom. The smallest absolute Gasteiger partial charge is 0.339 e. The van der Waals surface area contributed by atoms with E-state index in [1.807, 2.05) is 43.3 Å². The molecular formula is C23H26N4O2. The Balaban J connectivity index is 1.92. The maximum absolute atomic E-state index is 12.1. The molecule has 1 heterocycles. The van der Waals surface area contributed by atoms with Crippen LogP contribution in [0.4, 0.5) is 17.3 Å². The molecular weight excluding hydrogens is 364 g/mol. The topological polar surface area (TPSA) is 67.3 Å². The lowest BCUT2D eigenvalue weighted by atomic mass is 10.1. The standard InChI is InChI=1S/C23H26N4O2/c1-16(2)27(15-18-10-6-5-7-11-18)22-14-21(24-17(3)25-22)26-20-13-9-8-12-19(20)23(28)29-4/h5-14,16H,15H2,1-4H3,(H,24,25,26). The van der Waals surface area contributed by atoms with Gasteiger partial charge in [0, 0.05) is 18.7 Å². The van der Waals surface area contributed by atoms with Crippen LogP contribution >= 0.6 is 0 Å². The van der Waals surface area contributed by atoms with Crippen LogP contribution in [0.3, 0.4) is 0 Å². The predicted octanol–water partition coefficient (Wildman–Crippen LogP) is 4.73. The molecule has 6 nitrogen and oxygen atoms in total. The number of carbonyl (C=O) groups excluding carboxylic acids is 1. The third-order valence-electron chi connectivity index (χ3n) is 4.53. The highest BCUT2D eigenvalue weighted by Crippen LogP contribution is 2.25. The highest BCUT2D eigenvalue weighted by Gasteiger charge is 2.16. The Morgan fingerprint density at radius 3 is 2.45 bits per heavy atom. The van der Waals surface area contributed by atoms with Crippen molar-refractivity contribution in [1.82, 2.24) is 9.97 Å². The summed E-state index contributed by atoms with van der Waals surface area (Å²) in [5.41, 5.74) is 2.31. The fourth-order valence-corrected chi connectivity index (χ4v) is 3.09. The summed E-state index contributed by atoms with van der Waals surface area (Å²) in [6.07, 6.45) is 0. The predicted molar refractivity (Wildman–Crippen MR) is 116 cm³/mol. The molecule has 0 fully saturated rings. The van der Waals surface area contributed by atoms with Gasteiger partial charge in [-0.3, -0.25) is 0 Å². The van der Waals surface area contributed by atoms with Gasteiger partial charge in [0.25, 0.3) is 0 Å². The number of rotatable bonds is 7. The molecule has 2 aromatic carbocycles. The van der Waals surface area contributed by atoms with Crippen LogP contribution in [0.5, 0.6) is 0 Å². The molecule has 3 rings (SSSR count). The summed E-state index contributed by atoms with van der Waals surface area (Å²) in [6.45, 7) is 6.88. The summed E-state index contributed by atoms with van der Waals surface area (Å²) >= 11 is 0. The van der Waals surface area contributed by atoms with Crippen molar-refractivity contribution in [2.75, 3.05) is 17.3 Å². The van der Waals surface area contributed by atoms with Crippen LogP contribution in [-0.4, -0.2) is 29.1 Å². The number of hydrogen-bond acceptors (Lipinski definition) is 6. The Labute approximate surface area is 171 Å². The first-order valence-electron chi connectivity index (χ1n) is 9.58. The fourth-order valence-electron chi connectivity index (χ4n) is 3.09. The molecule has 0 saturated heterocycles. The number of esters is 1. The molecule has 0 spiro atoms. The van der Waals surface area contributed by atoms with E-state index in [0.29, 0.717) is 22.9 Å². The molecule has 0 bridgehead atoms. The molecule has 29 heavy (non-hydrogen) atoms. The summed E-state index contributed by atoms with van der Waals surface area (Å²) in [7, 11) is 1.37. The lowest BCUT2D eigenvalue weighted by molar-refractivity contribution is 0.0602. The van der Waals surface area contributed by atoms with Crippen LogP contribution in [0.2, 0.25) is 0 Å². The van der Waals surface area contributed by atoms with E-state index in [0.717, 1.165) is 12.4 Å². The van der Waals surface area contributed by atoms with Gasteiger partial charge in [0.2, 0.25) is 0 Å². The second-order valence-corrected chi connectivity index (χ2v) is 7.03. The van der Waals surface area contributed by atoms with Crippen molar-refractivity contribution in [3.8, 4) is 0 Å². The zero-order valence-electron chi connectivity index (χ0n) is 17.2. The minimum atomic E-state index is -0.396. The SMILES string of the molecule is COC(=O)c1ccccc1Nc1cc(N(Cc2ccccc2)C(C)C)nc(C)n1. The maximum atomic E-state index is 12.1. The summed E-state index contributed by atoms with van der Waals surface area (Å²) in [5, 5.41) is 3.25. The number of hydrogen-bond donors (Lipinski definition) is 1. The van der Waals surface area contributed by atoms with Crippen molar-refractivity contribution in [2.45, 2.75) is 33.4 Å². The highest BCUT2D eigenvalue weighted by molar-refractivity contribution is 5.96. The molecule has 0 saturated carbocycles. The third kappa shape index (κ3) is 5.10. The average Bonchev–Trinajstić information content (AvgIpc) is 2.72. The molecule has 0 aliphatic rings. The van der Waals surface area contributed by atoms with E-state index in [2.05, 4.69) is 46.2 Å². The Kier molecular flexibility index (Phi) is 6.44. The Morgan fingerprint density at radius 2 is 1.76 bits per heavy atom. The van der Waals surface area contributed by atoms with E-state index < -0.39 is 5.97 Å². The van der Waals surface area contributed by atoms with Crippen molar-refractivity contribution in [2.24, 2.45) is 0 Å². The molecule has 0 aliphatic carbocycles. The van der Waals surface area contributed by atoms with E-state index in [9.17, 15) is 4.79 Å². The third-order valence-corrected chi connectivity index (χ3v) is 4.53. The van der Waals surface area contributed by atoms with Crippen molar-refractivity contribution in [1.29, 1.82) is 0 Å². The number of anilines is 3. The quantitative estimate of drug-likeness (QED) is 0.588. The number of nitrogens with one attached hydrogen (secondary N) is 1. The van der Waals surface area contributed by atoms with E-state index >= 15 is 0 Å². The first kappa shape index (κ1) is 20.3. The van der Waals surface area contributed by atoms with Crippen LogP contribution in [-0.2, 0) is 11.3 Å². The summed E-state index contributed by atoms with van der Waals surface area (Å²) < 4.78 is 4.88. The van der Waals surface area contributed by atoms with Gasteiger partial charge in [0.1, 0.15) is 17.5 Å². The zero-order chi connectivity index (χ0) is 20.8. The summed E-state index contributed by atoms with van der Waals surface area (Å²) in [5.74, 6) is 1.71. The maximum Gasteiger partial charge on any atom is 0.339 e. The van der Waals surface area contributed by atoms with Crippen LogP contribution in [0, 0.1) is 6.92 Å². The fraction of sp³-hybridized carbons (Fsp3) is 0.261. The average molecular weight is 390 g/mol. The van der Waals surface area contributed by atoms with E-state index in [1.165, 1.54) is 12.7 Å². The minimum absolute atomic E-state index is 0.250. The van der Waals surface area contributed by atoms with E-state index in [-0.39, 0.29) is 6.04 Å². The number of methoxy groups -OCH3 is 1. The minimum Gasteiger partial charge on any atom is -0.465 e. The molecule has 3 aromatic rings. The Bertz CT molecular complexity index is 974. The van der Waals surface area contributed by atoms with Gasteiger partial charge >= 0.3 is 5.97 Å². The largest absolute Gasteiger partial charge is 0.465 e. The molecule has 0 atom stereocenters. The van der Waals surface area contributed by atoms with Crippen LogP contribution < -0.4 is 10.2 Å². The van der Waals surface area contributed by atoms with Gasteiger partial charge in [-0.1, -0.05) is 42.5 Å². The molecule has 1 aromatic heterocycles. The molecule has 0 amide bonds. The van der Waals surface area contributed by atoms with Crippen LogP contribution in [0.15, 0.2) is 60.7 Å². The number of para-hydroxylation sites is 1. The lowest BCUT2D eigenvalue weighted by Gasteiger charge is -2.28. The normalized spacial score (nSPS) is 10.7. The number of nitrogens with zero attached hydrogens (tertiary/aromatic N) is 3. The van der Waals surface area contributed by atoms with E-state index in [1.54, 1.807) is 12.1 Å². The van der Waals surface area contributed by atoms with Gasteiger partial charge < -0.3 is 15.0 Å². The number of carbonyl (C=O) groups is 1. The number of aromatic nitrogens is 2. The summed E-state index contributed by atoms with van der Waals surface area (Å²) in [6, 6.07) is 19.7. The van der Waals surface area contributed by atoms with Crippen molar-refractivity contribution < 1.29 is 9.53 Å². The highest BCUT2D eigenvalue weighted by atomic mass is 16.5. The van der Waals surface area contributed by atoms with Gasteiger partial charge in [-0.05, 0) is 38.5 Å². The van der Waals surface area contributed by atoms with E-state index in [4.69, 9.17) is 4.74 Å². The number of aryl methyl sites for hydroxylation is 1. The molecule has 0 radical (unpaired) electrons. The second kappa shape index (κ2) is 9.19. The molecule has 0 unspecified atom stereocenters. The van der Waals surface area contributed by atoms with Crippen LogP contribution in [0.25, 0.3) is 0 Å². The molecule has 150 valence electrons. The van der Waals surface area contributed by atoms with Crippen molar-refractivity contribution >= 4 is 23.3 Å². The molecule has 0 aliphatic heterocycles. The number of ether oxygens (including phenoxy) is 1. The molecule has 1 N–H and O–H groups in total. The van der Waals surface area contributed by atoms with Crippen molar-refractivity contribution in [3.63, 3.8) is 0 Å².